The molecule has 0 bridgehead atoms. The van der Waals surface area contributed by atoms with Crippen molar-refractivity contribution >= 4 is 11.6 Å². The molecular formula is C20H16FN5O2. The van der Waals surface area contributed by atoms with Gasteiger partial charge in [-0.1, -0.05) is 23.4 Å². The number of halogens is 1. The van der Waals surface area contributed by atoms with Crippen LogP contribution in [-0.4, -0.2) is 15.1 Å². The normalized spacial score (nSPS) is 10.8. The molecule has 0 atom stereocenters. The highest BCUT2D eigenvalue weighted by molar-refractivity contribution is 5.71. The summed E-state index contributed by atoms with van der Waals surface area (Å²) < 4.78 is 24.5. The molecule has 0 saturated heterocycles. The number of ether oxygens (including phenoxy) is 1. The summed E-state index contributed by atoms with van der Waals surface area (Å²) in [5, 5.41) is 4.05. The van der Waals surface area contributed by atoms with Gasteiger partial charge in [0, 0.05) is 24.8 Å². The summed E-state index contributed by atoms with van der Waals surface area (Å²) in [6.07, 6.45) is 2.14. The summed E-state index contributed by atoms with van der Waals surface area (Å²) in [5.41, 5.74) is 13.7. The van der Waals surface area contributed by atoms with Gasteiger partial charge >= 0.3 is 0 Å². The molecule has 4 N–H and O–H groups in total. The Bertz CT molecular complexity index is 1110. The van der Waals surface area contributed by atoms with Crippen LogP contribution in [0.2, 0.25) is 0 Å². The Balaban J connectivity index is 1.46. The van der Waals surface area contributed by atoms with E-state index in [-0.39, 0.29) is 11.6 Å². The second kappa shape index (κ2) is 7.36. The van der Waals surface area contributed by atoms with Gasteiger partial charge in [-0.3, -0.25) is 0 Å². The number of aromatic nitrogens is 3. The van der Waals surface area contributed by atoms with Gasteiger partial charge in [0.2, 0.25) is 5.88 Å². The maximum absolute atomic E-state index is 13.6. The first kappa shape index (κ1) is 17.5. The zero-order valence-electron chi connectivity index (χ0n) is 14.7. The second-order valence-corrected chi connectivity index (χ2v) is 6.07. The third-order valence-corrected chi connectivity index (χ3v) is 4.00. The van der Waals surface area contributed by atoms with Crippen molar-refractivity contribution in [2.24, 2.45) is 0 Å². The molecule has 0 saturated carbocycles. The highest BCUT2D eigenvalue weighted by atomic mass is 19.1. The number of rotatable bonds is 5. The minimum Gasteiger partial charge on any atom is -0.436 e. The van der Waals surface area contributed by atoms with Crippen LogP contribution in [0.15, 0.2) is 65.3 Å². The van der Waals surface area contributed by atoms with Gasteiger partial charge < -0.3 is 20.7 Å². The number of hydrogen-bond donors (Lipinski definition) is 2. The molecule has 0 fully saturated rings. The topological polar surface area (TPSA) is 113 Å². The smallest absolute Gasteiger partial charge is 0.219 e. The summed E-state index contributed by atoms with van der Waals surface area (Å²) >= 11 is 0. The Morgan fingerprint density at radius 1 is 1.04 bits per heavy atom. The van der Waals surface area contributed by atoms with E-state index in [0.29, 0.717) is 35.1 Å². The van der Waals surface area contributed by atoms with Gasteiger partial charge in [-0.05, 0) is 29.8 Å². The van der Waals surface area contributed by atoms with Crippen molar-refractivity contribution in [1.29, 1.82) is 0 Å². The van der Waals surface area contributed by atoms with E-state index in [1.807, 2.05) is 6.07 Å². The van der Waals surface area contributed by atoms with E-state index in [4.69, 9.17) is 20.7 Å². The molecule has 0 aliphatic heterocycles. The van der Waals surface area contributed by atoms with Crippen molar-refractivity contribution in [3.63, 3.8) is 0 Å². The van der Waals surface area contributed by atoms with Gasteiger partial charge in [-0.15, -0.1) is 0 Å². The van der Waals surface area contributed by atoms with Crippen LogP contribution in [0.25, 0.3) is 11.3 Å². The van der Waals surface area contributed by atoms with Crippen LogP contribution in [0.4, 0.5) is 16.0 Å². The van der Waals surface area contributed by atoms with Crippen LogP contribution in [0, 0.1) is 5.82 Å². The molecule has 3 heterocycles. The number of benzene rings is 1. The summed E-state index contributed by atoms with van der Waals surface area (Å²) in [6, 6.07) is 14.8. The van der Waals surface area contributed by atoms with E-state index < -0.39 is 5.82 Å². The quantitative estimate of drug-likeness (QED) is 0.543. The van der Waals surface area contributed by atoms with Crippen molar-refractivity contribution in [3.8, 4) is 23.0 Å². The SMILES string of the molecule is Nc1ccc(-c2cc(Cc3ccc(Oc4ccccc4F)nc3)no2)c(N)n1. The zero-order chi connectivity index (χ0) is 19.5. The van der Waals surface area contributed by atoms with Crippen molar-refractivity contribution in [3.05, 3.63) is 77.9 Å². The van der Waals surface area contributed by atoms with Crippen LogP contribution in [0.3, 0.4) is 0 Å². The first-order chi connectivity index (χ1) is 13.6. The Labute approximate surface area is 159 Å². The number of hydrogen-bond acceptors (Lipinski definition) is 7. The average molecular weight is 377 g/mol. The zero-order valence-corrected chi connectivity index (χ0v) is 14.7. The minimum atomic E-state index is -0.445. The Hall–Kier alpha value is -3.94. The number of pyridine rings is 2. The summed E-state index contributed by atoms with van der Waals surface area (Å²) in [4.78, 5) is 8.22. The monoisotopic (exact) mass is 377 g/mol. The molecule has 4 aromatic rings. The molecule has 0 aliphatic carbocycles. The third-order valence-electron chi connectivity index (χ3n) is 4.00. The lowest BCUT2D eigenvalue weighted by molar-refractivity contribution is 0.424. The number of nitrogens with zero attached hydrogens (tertiary/aromatic N) is 3. The number of para-hydroxylation sites is 1. The fourth-order valence-corrected chi connectivity index (χ4v) is 2.65. The first-order valence-corrected chi connectivity index (χ1v) is 8.44. The van der Waals surface area contributed by atoms with Crippen molar-refractivity contribution in [2.45, 2.75) is 6.42 Å². The molecule has 140 valence electrons. The lowest BCUT2D eigenvalue weighted by atomic mass is 10.1. The lowest BCUT2D eigenvalue weighted by Gasteiger charge is -2.06. The molecule has 4 rings (SSSR count). The molecule has 0 radical (unpaired) electrons. The predicted molar refractivity (Wildman–Crippen MR) is 102 cm³/mol. The van der Waals surface area contributed by atoms with E-state index in [2.05, 4.69) is 15.1 Å². The van der Waals surface area contributed by atoms with E-state index in [0.717, 1.165) is 5.56 Å². The Morgan fingerprint density at radius 3 is 2.64 bits per heavy atom. The molecule has 7 nitrogen and oxygen atoms in total. The molecule has 0 unspecified atom stereocenters. The molecular weight excluding hydrogens is 361 g/mol. The minimum absolute atomic E-state index is 0.124. The second-order valence-electron chi connectivity index (χ2n) is 6.07. The highest BCUT2D eigenvalue weighted by Crippen LogP contribution is 2.27. The van der Waals surface area contributed by atoms with E-state index in [1.54, 1.807) is 48.7 Å². The van der Waals surface area contributed by atoms with Gasteiger partial charge in [0.05, 0.1) is 11.3 Å². The van der Waals surface area contributed by atoms with E-state index in [9.17, 15) is 4.39 Å². The Morgan fingerprint density at radius 2 is 1.89 bits per heavy atom. The Kier molecular flexibility index (Phi) is 4.59. The van der Waals surface area contributed by atoms with Gasteiger partial charge in [-0.2, -0.15) is 0 Å². The van der Waals surface area contributed by atoms with Crippen LogP contribution >= 0.6 is 0 Å². The average Bonchev–Trinajstić information content (AvgIpc) is 3.13. The summed E-state index contributed by atoms with van der Waals surface area (Å²) in [5.74, 6) is 1.10. The number of anilines is 2. The van der Waals surface area contributed by atoms with Crippen LogP contribution in [0.1, 0.15) is 11.3 Å². The fraction of sp³-hybridized carbons (Fsp3) is 0.0500. The maximum atomic E-state index is 13.6. The molecule has 28 heavy (non-hydrogen) atoms. The van der Waals surface area contributed by atoms with Crippen LogP contribution in [-0.2, 0) is 6.42 Å². The largest absolute Gasteiger partial charge is 0.436 e. The van der Waals surface area contributed by atoms with E-state index >= 15 is 0 Å². The predicted octanol–water partition coefficient (Wildman–Crippen LogP) is 3.82. The third kappa shape index (κ3) is 3.75. The van der Waals surface area contributed by atoms with Gasteiger partial charge in [-0.25, -0.2) is 14.4 Å². The maximum Gasteiger partial charge on any atom is 0.219 e. The molecule has 0 aliphatic rings. The first-order valence-electron chi connectivity index (χ1n) is 8.44. The van der Waals surface area contributed by atoms with Gasteiger partial charge in [0.15, 0.2) is 17.3 Å². The van der Waals surface area contributed by atoms with Gasteiger partial charge in [0.1, 0.15) is 11.6 Å². The molecule has 8 heteroatoms. The summed E-state index contributed by atoms with van der Waals surface area (Å²) in [6.45, 7) is 0. The summed E-state index contributed by atoms with van der Waals surface area (Å²) in [7, 11) is 0. The molecule has 1 aromatic carbocycles. The standard InChI is InChI=1S/C20H16FN5O2/c21-15-3-1-2-4-16(15)27-19-8-5-12(11-24-19)9-13-10-17(28-26-13)14-6-7-18(22)25-20(14)23/h1-8,10-11H,9H2,(H4,22,23,25). The molecule has 0 spiro atoms. The van der Waals surface area contributed by atoms with Crippen molar-refractivity contribution in [1.82, 2.24) is 15.1 Å². The van der Waals surface area contributed by atoms with Crippen molar-refractivity contribution < 1.29 is 13.7 Å². The van der Waals surface area contributed by atoms with Crippen LogP contribution < -0.4 is 16.2 Å². The van der Waals surface area contributed by atoms with E-state index in [1.165, 1.54) is 6.07 Å². The number of nitrogen functional groups attached to an aromatic ring is 2. The fourth-order valence-electron chi connectivity index (χ4n) is 2.65. The van der Waals surface area contributed by atoms with Crippen molar-refractivity contribution in [2.75, 3.05) is 11.5 Å². The molecule has 0 amide bonds. The van der Waals surface area contributed by atoms with Crippen LogP contribution in [0.5, 0.6) is 11.6 Å². The highest BCUT2D eigenvalue weighted by Gasteiger charge is 2.12. The lowest BCUT2D eigenvalue weighted by Crippen LogP contribution is -1.97. The number of nitrogens with two attached hydrogens (primary N) is 2. The molecule has 3 aromatic heterocycles. The van der Waals surface area contributed by atoms with Gasteiger partial charge in [0.25, 0.3) is 0 Å².